The van der Waals surface area contributed by atoms with Crippen LogP contribution in [0.15, 0.2) is 36.4 Å². The Hall–Kier alpha value is -1.65. The predicted molar refractivity (Wildman–Crippen MR) is 95.9 cm³/mol. The Morgan fingerprint density at radius 2 is 1.87 bits per heavy atom. The van der Waals surface area contributed by atoms with Crippen LogP contribution in [0.5, 0.6) is 0 Å². The summed E-state index contributed by atoms with van der Waals surface area (Å²) in [6.07, 6.45) is 5.28. The summed E-state index contributed by atoms with van der Waals surface area (Å²) in [5.41, 5.74) is 7.29. The second kappa shape index (κ2) is 8.85. The molecule has 1 aromatic rings. The molecule has 1 saturated heterocycles. The van der Waals surface area contributed by atoms with Gasteiger partial charge in [-0.1, -0.05) is 62.8 Å². The van der Waals surface area contributed by atoms with Gasteiger partial charge in [0.1, 0.15) is 0 Å². The van der Waals surface area contributed by atoms with Crippen LogP contribution >= 0.6 is 0 Å². The fraction of sp³-hybridized carbons (Fsp3) is 0.526. The standard InChI is InChI=1S/C19H29N3O/c1-3-16(2)18(20)19(23)22-14-12-21(13-15-22)11-7-10-17-8-5-4-6-9-17/h4-10,16,18H,3,11-15,20H2,1-2H3/b10-7+. The molecule has 4 heteroatoms. The van der Waals surface area contributed by atoms with Gasteiger partial charge in [-0.05, 0) is 11.5 Å². The highest BCUT2D eigenvalue weighted by Crippen LogP contribution is 2.11. The monoisotopic (exact) mass is 315 g/mol. The van der Waals surface area contributed by atoms with Crippen LogP contribution < -0.4 is 5.73 Å². The molecule has 1 fully saturated rings. The lowest BCUT2D eigenvalue weighted by Crippen LogP contribution is -2.54. The Morgan fingerprint density at radius 3 is 2.48 bits per heavy atom. The van der Waals surface area contributed by atoms with Crippen molar-refractivity contribution in [2.45, 2.75) is 26.3 Å². The van der Waals surface area contributed by atoms with Gasteiger partial charge in [-0.3, -0.25) is 9.69 Å². The third kappa shape index (κ3) is 5.19. The van der Waals surface area contributed by atoms with Crippen molar-refractivity contribution in [2.75, 3.05) is 32.7 Å². The molecule has 1 aliphatic heterocycles. The predicted octanol–water partition coefficient (Wildman–Crippen LogP) is 2.22. The van der Waals surface area contributed by atoms with Crippen molar-refractivity contribution in [2.24, 2.45) is 11.7 Å². The molecular formula is C19H29N3O. The van der Waals surface area contributed by atoms with Gasteiger partial charge in [0.2, 0.25) is 5.91 Å². The SMILES string of the molecule is CCC(C)C(N)C(=O)N1CCN(C/C=C/c2ccccc2)CC1. The Bertz CT molecular complexity index is 507. The number of benzene rings is 1. The highest BCUT2D eigenvalue weighted by Gasteiger charge is 2.27. The highest BCUT2D eigenvalue weighted by molar-refractivity contribution is 5.82. The van der Waals surface area contributed by atoms with Gasteiger partial charge in [-0.25, -0.2) is 0 Å². The van der Waals surface area contributed by atoms with Crippen molar-refractivity contribution in [1.82, 2.24) is 9.80 Å². The summed E-state index contributed by atoms with van der Waals surface area (Å²) >= 11 is 0. The van der Waals surface area contributed by atoms with Crippen LogP contribution in [0, 0.1) is 5.92 Å². The Balaban J connectivity index is 1.75. The lowest BCUT2D eigenvalue weighted by Gasteiger charge is -2.36. The van der Waals surface area contributed by atoms with Crippen LogP contribution in [-0.4, -0.2) is 54.5 Å². The number of rotatable bonds is 6. The average molecular weight is 315 g/mol. The number of hydrogen-bond acceptors (Lipinski definition) is 3. The van der Waals surface area contributed by atoms with Crippen molar-refractivity contribution in [3.63, 3.8) is 0 Å². The minimum atomic E-state index is -0.357. The maximum absolute atomic E-state index is 12.4. The molecule has 2 unspecified atom stereocenters. The number of piperazine rings is 1. The molecule has 126 valence electrons. The first-order chi connectivity index (χ1) is 11.1. The minimum absolute atomic E-state index is 0.110. The summed E-state index contributed by atoms with van der Waals surface area (Å²) in [6.45, 7) is 8.44. The summed E-state index contributed by atoms with van der Waals surface area (Å²) in [7, 11) is 0. The molecule has 0 bridgehead atoms. The van der Waals surface area contributed by atoms with E-state index in [1.54, 1.807) is 0 Å². The molecule has 23 heavy (non-hydrogen) atoms. The first-order valence-corrected chi connectivity index (χ1v) is 8.60. The van der Waals surface area contributed by atoms with Crippen LogP contribution in [0.2, 0.25) is 0 Å². The van der Waals surface area contributed by atoms with E-state index in [0.717, 1.165) is 39.1 Å². The van der Waals surface area contributed by atoms with Crippen molar-refractivity contribution in [1.29, 1.82) is 0 Å². The minimum Gasteiger partial charge on any atom is -0.339 e. The normalized spacial score (nSPS) is 19.0. The van der Waals surface area contributed by atoms with E-state index in [9.17, 15) is 4.79 Å². The van der Waals surface area contributed by atoms with E-state index in [-0.39, 0.29) is 17.9 Å². The van der Waals surface area contributed by atoms with Gasteiger partial charge >= 0.3 is 0 Å². The molecule has 0 aromatic heterocycles. The zero-order valence-electron chi connectivity index (χ0n) is 14.3. The number of hydrogen-bond donors (Lipinski definition) is 1. The number of nitrogens with zero attached hydrogens (tertiary/aromatic N) is 2. The third-order valence-corrected chi connectivity index (χ3v) is 4.70. The molecule has 1 heterocycles. The Labute approximate surface area is 140 Å². The molecule has 0 saturated carbocycles. The topological polar surface area (TPSA) is 49.6 Å². The lowest BCUT2D eigenvalue weighted by molar-refractivity contribution is -0.135. The molecule has 4 nitrogen and oxygen atoms in total. The van der Waals surface area contributed by atoms with Gasteiger partial charge in [-0.15, -0.1) is 0 Å². The summed E-state index contributed by atoms with van der Waals surface area (Å²) in [6, 6.07) is 9.96. The van der Waals surface area contributed by atoms with Crippen LogP contribution in [0.25, 0.3) is 6.08 Å². The van der Waals surface area contributed by atoms with Crippen molar-refractivity contribution >= 4 is 12.0 Å². The molecule has 1 aliphatic rings. The maximum atomic E-state index is 12.4. The molecule has 0 spiro atoms. The zero-order chi connectivity index (χ0) is 16.7. The summed E-state index contributed by atoms with van der Waals surface area (Å²) in [5, 5.41) is 0. The summed E-state index contributed by atoms with van der Waals surface area (Å²) in [5.74, 6) is 0.355. The fourth-order valence-electron chi connectivity index (χ4n) is 2.76. The van der Waals surface area contributed by atoms with Crippen LogP contribution in [0.3, 0.4) is 0 Å². The first kappa shape index (κ1) is 17.7. The van der Waals surface area contributed by atoms with Gasteiger partial charge in [-0.2, -0.15) is 0 Å². The summed E-state index contributed by atoms with van der Waals surface area (Å²) in [4.78, 5) is 16.7. The zero-order valence-corrected chi connectivity index (χ0v) is 14.3. The molecule has 2 rings (SSSR count). The molecule has 2 atom stereocenters. The van der Waals surface area contributed by atoms with E-state index in [1.807, 2.05) is 30.0 Å². The first-order valence-electron chi connectivity index (χ1n) is 8.60. The number of carbonyl (C=O) groups excluding carboxylic acids is 1. The molecule has 1 aromatic carbocycles. The largest absolute Gasteiger partial charge is 0.339 e. The third-order valence-electron chi connectivity index (χ3n) is 4.70. The molecule has 1 amide bonds. The fourth-order valence-corrected chi connectivity index (χ4v) is 2.76. The van der Waals surface area contributed by atoms with Crippen LogP contribution in [-0.2, 0) is 4.79 Å². The van der Waals surface area contributed by atoms with E-state index < -0.39 is 0 Å². The number of carbonyl (C=O) groups is 1. The number of amides is 1. The Morgan fingerprint density at radius 1 is 1.22 bits per heavy atom. The van der Waals surface area contributed by atoms with Gasteiger partial charge in [0, 0.05) is 32.7 Å². The number of nitrogens with two attached hydrogens (primary N) is 1. The molecule has 0 radical (unpaired) electrons. The van der Waals surface area contributed by atoms with Gasteiger partial charge < -0.3 is 10.6 Å². The van der Waals surface area contributed by atoms with E-state index in [2.05, 4.69) is 36.1 Å². The molecule has 2 N–H and O–H groups in total. The van der Waals surface area contributed by atoms with Gasteiger partial charge in [0.05, 0.1) is 6.04 Å². The van der Waals surface area contributed by atoms with E-state index in [1.165, 1.54) is 5.56 Å². The lowest BCUT2D eigenvalue weighted by atomic mass is 9.98. The quantitative estimate of drug-likeness (QED) is 0.876. The smallest absolute Gasteiger partial charge is 0.239 e. The average Bonchev–Trinajstić information content (AvgIpc) is 2.61. The van der Waals surface area contributed by atoms with Crippen molar-refractivity contribution in [3.8, 4) is 0 Å². The van der Waals surface area contributed by atoms with E-state index >= 15 is 0 Å². The van der Waals surface area contributed by atoms with Gasteiger partial charge in [0.15, 0.2) is 0 Å². The summed E-state index contributed by atoms with van der Waals surface area (Å²) < 4.78 is 0. The Kier molecular flexibility index (Phi) is 6.81. The maximum Gasteiger partial charge on any atom is 0.239 e. The highest BCUT2D eigenvalue weighted by atomic mass is 16.2. The van der Waals surface area contributed by atoms with Crippen molar-refractivity contribution < 1.29 is 4.79 Å². The van der Waals surface area contributed by atoms with Gasteiger partial charge in [0.25, 0.3) is 0 Å². The second-order valence-corrected chi connectivity index (χ2v) is 6.35. The molecular weight excluding hydrogens is 286 g/mol. The van der Waals surface area contributed by atoms with E-state index in [4.69, 9.17) is 5.73 Å². The second-order valence-electron chi connectivity index (χ2n) is 6.35. The van der Waals surface area contributed by atoms with Crippen molar-refractivity contribution in [3.05, 3.63) is 42.0 Å². The van der Waals surface area contributed by atoms with E-state index in [0.29, 0.717) is 0 Å². The van der Waals surface area contributed by atoms with Crippen LogP contribution in [0.1, 0.15) is 25.8 Å². The van der Waals surface area contributed by atoms with Crippen LogP contribution in [0.4, 0.5) is 0 Å². The molecule has 0 aliphatic carbocycles.